The fourth-order valence-electron chi connectivity index (χ4n) is 4.65. The first-order chi connectivity index (χ1) is 16.5. The molecule has 1 amide bonds. The van der Waals surface area contributed by atoms with E-state index in [2.05, 4.69) is 29.2 Å². The van der Waals surface area contributed by atoms with E-state index in [4.69, 9.17) is 9.26 Å². The Balaban J connectivity index is 1.27. The van der Waals surface area contributed by atoms with Gasteiger partial charge in [-0.15, -0.1) is 0 Å². The molecule has 0 saturated carbocycles. The van der Waals surface area contributed by atoms with Gasteiger partial charge in [-0.3, -0.25) is 4.79 Å². The first-order valence-corrected chi connectivity index (χ1v) is 11.5. The number of benzene rings is 3. The number of carbonyl (C=O) groups is 1. The van der Waals surface area contributed by atoms with Crippen molar-refractivity contribution < 1.29 is 14.1 Å². The van der Waals surface area contributed by atoms with Crippen molar-refractivity contribution in [2.24, 2.45) is 0 Å². The number of aryl methyl sites for hydroxylation is 3. The van der Waals surface area contributed by atoms with Gasteiger partial charge >= 0.3 is 0 Å². The zero-order chi connectivity index (χ0) is 23.7. The summed E-state index contributed by atoms with van der Waals surface area (Å²) in [5.74, 6) is 1.75. The predicted molar refractivity (Wildman–Crippen MR) is 131 cm³/mol. The number of hydrogen-bond donors (Lipinski definition) is 0. The van der Waals surface area contributed by atoms with E-state index in [1.54, 1.807) is 0 Å². The lowest BCUT2D eigenvalue weighted by molar-refractivity contribution is -0.117. The Bertz CT molecular complexity index is 1290. The van der Waals surface area contributed by atoms with E-state index >= 15 is 0 Å². The van der Waals surface area contributed by atoms with Gasteiger partial charge in [0.15, 0.2) is 0 Å². The summed E-state index contributed by atoms with van der Waals surface area (Å²) in [4.78, 5) is 19.3. The highest BCUT2D eigenvalue weighted by Crippen LogP contribution is 2.35. The van der Waals surface area contributed by atoms with Gasteiger partial charge in [0.1, 0.15) is 12.4 Å². The zero-order valence-electron chi connectivity index (χ0n) is 19.6. The minimum absolute atomic E-state index is 0.0831. The number of nitrogens with zero attached hydrogens (tertiary/aromatic N) is 3. The molecular formula is C28H27N3O3. The lowest BCUT2D eigenvalue weighted by atomic mass is 10.0. The summed E-state index contributed by atoms with van der Waals surface area (Å²) < 4.78 is 11.4. The molecule has 0 spiro atoms. The van der Waals surface area contributed by atoms with Crippen LogP contribution < -0.4 is 9.64 Å². The number of anilines is 1. The molecule has 5 rings (SSSR count). The van der Waals surface area contributed by atoms with Crippen LogP contribution in [0.2, 0.25) is 0 Å². The number of hydrogen-bond acceptors (Lipinski definition) is 5. The summed E-state index contributed by atoms with van der Waals surface area (Å²) in [5, 5.41) is 4.17. The third-order valence-corrected chi connectivity index (χ3v) is 6.18. The van der Waals surface area contributed by atoms with Crippen LogP contribution in [-0.4, -0.2) is 22.6 Å². The molecule has 1 saturated heterocycles. The Morgan fingerprint density at radius 2 is 1.71 bits per heavy atom. The summed E-state index contributed by atoms with van der Waals surface area (Å²) in [7, 11) is 0. The Morgan fingerprint density at radius 3 is 2.41 bits per heavy atom. The van der Waals surface area contributed by atoms with E-state index in [1.165, 1.54) is 5.56 Å². The van der Waals surface area contributed by atoms with E-state index in [9.17, 15) is 4.79 Å². The third kappa shape index (κ3) is 4.44. The second-order valence-electron chi connectivity index (χ2n) is 8.91. The molecule has 0 aliphatic carbocycles. The molecule has 1 unspecified atom stereocenters. The zero-order valence-corrected chi connectivity index (χ0v) is 19.6. The highest BCUT2D eigenvalue weighted by Gasteiger charge is 2.36. The van der Waals surface area contributed by atoms with Gasteiger partial charge in [0.05, 0.1) is 5.92 Å². The summed E-state index contributed by atoms with van der Waals surface area (Å²) in [6, 6.07) is 21.9. The molecule has 1 aliphatic heterocycles. The maximum absolute atomic E-state index is 12.8. The van der Waals surface area contributed by atoms with E-state index in [-0.39, 0.29) is 11.8 Å². The smallest absolute Gasteiger partial charge is 0.232 e. The van der Waals surface area contributed by atoms with Gasteiger partial charge in [-0.2, -0.15) is 4.98 Å². The Hall–Kier alpha value is -3.93. The van der Waals surface area contributed by atoms with Crippen LogP contribution in [0.15, 0.2) is 71.3 Å². The molecule has 34 heavy (non-hydrogen) atoms. The average Bonchev–Trinajstić information content (AvgIpc) is 3.46. The third-order valence-electron chi connectivity index (χ3n) is 6.18. The SMILES string of the molecule is Cc1cc(C)c(N2CC(c3nc(-c4ccc(OCc5ccccc5)cc4)no3)CC2=O)c(C)c1. The first-order valence-electron chi connectivity index (χ1n) is 11.5. The van der Waals surface area contributed by atoms with Gasteiger partial charge in [0, 0.05) is 24.2 Å². The predicted octanol–water partition coefficient (Wildman–Crippen LogP) is 5.76. The minimum atomic E-state index is -0.123. The molecule has 1 aromatic heterocycles. The number of aromatic nitrogens is 2. The van der Waals surface area contributed by atoms with Crippen molar-refractivity contribution in [3.8, 4) is 17.1 Å². The van der Waals surface area contributed by atoms with E-state index < -0.39 is 0 Å². The summed E-state index contributed by atoms with van der Waals surface area (Å²) in [6.07, 6.45) is 0.362. The van der Waals surface area contributed by atoms with Crippen LogP contribution in [0.1, 0.15) is 40.5 Å². The molecular weight excluding hydrogens is 426 g/mol. The molecule has 6 nitrogen and oxygen atoms in total. The highest BCUT2D eigenvalue weighted by molar-refractivity contribution is 5.97. The van der Waals surface area contributed by atoms with E-state index in [0.717, 1.165) is 33.7 Å². The summed E-state index contributed by atoms with van der Waals surface area (Å²) in [6.45, 7) is 7.22. The monoisotopic (exact) mass is 453 g/mol. The lowest BCUT2D eigenvalue weighted by Gasteiger charge is -2.21. The van der Waals surface area contributed by atoms with Crippen molar-refractivity contribution >= 4 is 11.6 Å². The molecule has 1 aliphatic rings. The van der Waals surface area contributed by atoms with Crippen LogP contribution in [0.3, 0.4) is 0 Å². The van der Waals surface area contributed by atoms with Crippen LogP contribution in [-0.2, 0) is 11.4 Å². The van der Waals surface area contributed by atoms with Crippen LogP contribution in [0.4, 0.5) is 5.69 Å². The Morgan fingerprint density at radius 1 is 1.00 bits per heavy atom. The maximum Gasteiger partial charge on any atom is 0.232 e. The van der Waals surface area contributed by atoms with Crippen LogP contribution in [0, 0.1) is 20.8 Å². The fourth-order valence-corrected chi connectivity index (χ4v) is 4.65. The molecule has 1 fully saturated rings. The Kier molecular flexibility index (Phi) is 5.88. The normalized spacial score (nSPS) is 15.7. The highest BCUT2D eigenvalue weighted by atomic mass is 16.5. The van der Waals surface area contributed by atoms with Gasteiger partial charge < -0.3 is 14.2 Å². The maximum atomic E-state index is 12.8. The van der Waals surface area contributed by atoms with Crippen molar-refractivity contribution in [2.75, 3.05) is 11.4 Å². The number of rotatable bonds is 6. The largest absolute Gasteiger partial charge is 0.489 e. The standard InChI is InChI=1S/C28H27N3O3/c1-18-13-19(2)26(20(3)14-18)31-16-23(15-25(31)32)28-29-27(30-34-28)22-9-11-24(12-10-22)33-17-21-7-5-4-6-8-21/h4-14,23H,15-17H2,1-3H3. The van der Waals surface area contributed by atoms with Crippen molar-refractivity contribution in [1.29, 1.82) is 0 Å². The van der Waals surface area contributed by atoms with Crippen LogP contribution in [0.5, 0.6) is 5.75 Å². The van der Waals surface area contributed by atoms with Crippen molar-refractivity contribution in [2.45, 2.75) is 39.7 Å². The first kappa shape index (κ1) is 21.9. The number of carbonyl (C=O) groups excluding carboxylic acids is 1. The number of ether oxygens (including phenoxy) is 1. The molecule has 3 aromatic carbocycles. The molecule has 0 radical (unpaired) electrons. The lowest BCUT2D eigenvalue weighted by Crippen LogP contribution is -2.26. The van der Waals surface area contributed by atoms with Gasteiger partial charge in [0.2, 0.25) is 17.6 Å². The topological polar surface area (TPSA) is 68.5 Å². The Labute approximate surface area is 199 Å². The van der Waals surface area contributed by atoms with Crippen molar-refractivity contribution in [1.82, 2.24) is 10.1 Å². The van der Waals surface area contributed by atoms with Gasteiger partial charge in [0.25, 0.3) is 0 Å². The van der Waals surface area contributed by atoms with Crippen molar-refractivity contribution in [3.63, 3.8) is 0 Å². The molecule has 4 aromatic rings. The second-order valence-corrected chi connectivity index (χ2v) is 8.91. The van der Waals surface area contributed by atoms with Gasteiger partial charge in [-0.1, -0.05) is 53.2 Å². The molecule has 1 atom stereocenters. The van der Waals surface area contributed by atoms with Crippen LogP contribution >= 0.6 is 0 Å². The quantitative estimate of drug-likeness (QED) is 0.371. The second kappa shape index (κ2) is 9.14. The molecule has 172 valence electrons. The van der Waals surface area contributed by atoms with Crippen molar-refractivity contribution in [3.05, 3.63) is 94.9 Å². The fraction of sp³-hybridized carbons (Fsp3) is 0.250. The summed E-state index contributed by atoms with van der Waals surface area (Å²) in [5.41, 5.74) is 6.35. The van der Waals surface area contributed by atoms with E-state index in [0.29, 0.717) is 31.3 Å². The summed E-state index contributed by atoms with van der Waals surface area (Å²) >= 11 is 0. The molecule has 6 heteroatoms. The van der Waals surface area contributed by atoms with E-state index in [1.807, 2.05) is 73.3 Å². The minimum Gasteiger partial charge on any atom is -0.489 e. The molecule has 0 N–H and O–H groups in total. The average molecular weight is 454 g/mol. The number of amides is 1. The van der Waals surface area contributed by atoms with Gasteiger partial charge in [-0.05, 0) is 61.7 Å². The molecule has 0 bridgehead atoms. The van der Waals surface area contributed by atoms with Gasteiger partial charge in [-0.25, -0.2) is 0 Å². The van der Waals surface area contributed by atoms with Crippen LogP contribution in [0.25, 0.3) is 11.4 Å². The molecule has 2 heterocycles.